The summed E-state index contributed by atoms with van der Waals surface area (Å²) in [7, 11) is 1.61. The number of carbonyl (C=O) groups excluding carboxylic acids is 1. The van der Waals surface area contributed by atoms with Crippen LogP contribution >= 0.6 is 0 Å². The first-order chi connectivity index (χ1) is 10.0. The van der Waals surface area contributed by atoms with Gasteiger partial charge in [-0.05, 0) is 49.2 Å². The van der Waals surface area contributed by atoms with E-state index >= 15 is 0 Å². The third-order valence-electron chi connectivity index (χ3n) is 3.53. The Labute approximate surface area is 124 Å². The first kappa shape index (κ1) is 15.0. The van der Waals surface area contributed by atoms with Gasteiger partial charge in [0.25, 0.3) is 5.91 Å². The van der Waals surface area contributed by atoms with E-state index in [9.17, 15) is 9.18 Å². The van der Waals surface area contributed by atoms with Crippen molar-refractivity contribution in [1.82, 2.24) is 5.32 Å². The van der Waals surface area contributed by atoms with E-state index in [-0.39, 0.29) is 17.8 Å². The smallest absolute Gasteiger partial charge is 0.251 e. The van der Waals surface area contributed by atoms with Gasteiger partial charge in [0, 0.05) is 24.3 Å². The lowest BCUT2D eigenvalue weighted by Gasteiger charge is -2.19. The van der Waals surface area contributed by atoms with E-state index in [1.165, 1.54) is 12.1 Å². The van der Waals surface area contributed by atoms with Gasteiger partial charge in [-0.25, -0.2) is 4.39 Å². The first-order valence-electron chi connectivity index (χ1n) is 6.86. The minimum absolute atomic E-state index is 0.0562. The van der Waals surface area contributed by atoms with E-state index in [4.69, 9.17) is 0 Å². The van der Waals surface area contributed by atoms with Crippen molar-refractivity contribution >= 4 is 11.6 Å². The van der Waals surface area contributed by atoms with Crippen LogP contribution in [0.3, 0.4) is 0 Å². The van der Waals surface area contributed by atoms with Crippen LogP contribution in [0, 0.1) is 12.7 Å². The van der Waals surface area contributed by atoms with Crippen molar-refractivity contribution in [3.63, 3.8) is 0 Å². The molecule has 0 aromatic heterocycles. The molecule has 3 nitrogen and oxygen atoms in total. The van der Waals surface area contributed by atoms with Crippen LogP contribution in [0.4, 0.5) is 10.1 Å². The number of nitrogens with one attached hydrogen (secondary N) is 2. The Morgan fingerprint density at radius 3 is 2.57 bits per heavy atom. The second-order valence-corrected chi connectivity index (χ2v) is 4.98. The topological polar surface area (TPSA) is 41.1 Å². The Morgan fingerprint density at radius 1 is 1.19 bits per heavy atom. The van der Waals surface area contributed by atoms with E-state index in [0.717, 1.165) is 16.8 Å². The predicted molar refractivity (Wildman–Crippen MR) is 83.0 cm³/mol. The summed E-state index contributed by atoms with van der Waals surface area (Å²) in [6.07, 6.45) is 0. The maximum atomic E-state index is 13.3. The molecule has 2 rings (SSSR count). The number of benzene rings is 2. The Balaban J connectivity index is 2.25. The Bertz CT molecular complexity index is 655. The highest BCUT2D eigenvalue weighted by atomic mass is 19.1. The number of anilines is 1. The van der Waals surface area contributed by atoms with E-state index in [2.05, 4.69) is 10.6 Å². The number of halogens is 1. The first-order valence-corrected chi connectivity index (χ1v) is 6.86. The van der Waals surface area contributed by atoms with Crippen LogP contribution < -0.4 is 10.6 Å². The van der Waals surface area contributed by atoms with Crippen molar-refractivity contribution in [1.29, 1.82) is 0 Å². The molecule has 0 spiro atoms. The van der Waals surface area contributed by atoms with Gasteiger partial charge in [0.2, 0.25) is 0 Å². The highest BCUT2D eigenvalue weighted by Crippen LogP contribution is 2.24. The molecule has 1 atom stereocenters. The van der Waals surface area contributed by atoms with Crippen LogP contribution in [0.2, 0.25) is 0 Å². The second kappa shape index (κ2) is 6.39. The van der Waals surface area contributed by atoms with Gasteiger partial charge in [0.05, 0.1) is 0 Å². The van der Waals surface area contributed by atoms with Crippen molar-refractivity contribution < 1.29 is 9.18 Å². The van der Waals surface area contributed by atoms with E-state index < -0.39 is 0 Å². The molecule has 2 N–H and O–H groups in total. The normalized spacial score (nSPS) is 11.8. The van der Waals surface area contributed by atoms with Crippen molar-refractivity contribution in [2.24, 2.45) is 0 Å². The summed E-state index contributed by atoms with van der Waals surface area (Å²) in [6, 6.07) is 12.0. The van der Waals surface area contributed by atoms with E-state index in [1.54, 1.807) is 19.2 Å². The van der Waals surface area contributed by atoms with Gasteiger partial charge in [0.15, 0.2) is 0 Å². The summed E-state index contributed by atoms with van der Waals surface area (Å²) in [5, 5.41) is 5.95. The average Bonchev–Trinajstić information content (AvgIpc) is 2.48. The standard InChI is InChI=1S/C17H19FN2O/c1-11-15(17(21)19-3)8-5-9-16(11)20-12(2)13-6-4-7-14(18)10-13/h4-10,12,20H,1-3H3,(H,19,21). The fraction of sp³-hybridized carbons (Fsp3) is 0.235. The molecule has 21 heavy (non-hydrogen) atoms. The molecule has 0 saturated carbocycles. The largest absolute Gasteiger partial charge is 0.378 e. The summed E-state index contributed by atoms with van der Waals surface area (Å²) in [5.41, 5.74) is 3.24. The maximum Gasteiger partial charge on any atom is 0.251 e. The minimum atomic E-state index is -0.253. The molecule has 0 fully saturated rings. The number of hydrogen-bond donors (Lipinski definition) is 2. The molecule has 0 aliphatic carbocycles. The number of amides is 1. The molecule has 4 heteroatoms. The lowest BCUT2D eigenvalue weighted by molar-refractivity contribution is 0.0962. The quantitative estimate of drug-likeness (QED) is 0.900. The van der Waals surface area contributed by atoms with Gasteiger partial charge in [-0.15, -0.1) is 0 Å². The van der Waals surface area contributed by atoms with Crippen LogP contribution in [-0.4, -0.2) is 13.0 Å². The molecular weight excluding hydrogens is 267 g/mol. The van der Waals surface area contributed by atoms with Crippen LogP contribution in [0.25, 0.3) is 0 Å². The molecule has 2 aromatic rings. The SMILES string of the molecule is CNC(=O)c1cccc(NC(C)c2cccc(F)c2)c1C. The molecule has 2 aromatic carbocycles. The zero-order valence-electron chi connectivity index (χ0n) is 12.4. The van der Waals surface area contributed by atoms with Gasteiger partial charge in [-0.3, -0.25) is 4.79 Å². The zero-order chi connectivity index (χ0) is 15.4. The van der Waals surface area contributed by atoms with Crippen molar-refractivity contribution in [2.45, 2.75) is 19.9 Å². The molecule has 110 valence electrons. The van der Waals surface area contributed by atoms with Gasteiger partial charge in [-0.2, -0.15) is 0 Å². The van der Waals surface area contributed by atoms with Gasteiger partial charge >= 0.3 is 0 Å². The fourth-order valence-corrected chi connectivity index (χ4v) is 2.27. The summed E-state index contributed by atoms with van der Waals surface area (Å²) >= 11 is 0. The van der Waals surface area contributed by atoms with Crippen molar-refractivity contribution in [3.05, 3.63) is 65.0 Å². The van der Waals surface area contributed by atoms with Crippen molar-refractivity contribution in [3.8, 4) is 0 Å². The van der Waals surface area contributed by atoms with Crippen molar-refractivity contribution in [2.75, 3.05) is 12.4 Å². The number of rotatable bonds is 4. The zero-order valence-corrected chi connectivity index (χ0v) is 12.4. The number of hydrogen-bond acceptors (Lipinski definition) is 2. The van der Waals surface area contributed by atoms with Gasteiger partial charge < -0.3 is 10.6 Å². The van der Waals surface area contributed by atoms with E-state index in [0.29, 0.717) is 5.56 Å². The molecule has 0 aliphatic heterocycles. The maximum absolute atomic E-state index is 13.3. The molecular formula is C17H19FN2O. The third kappa shape index (κ3) is 3.40. The third-order valence-corrected chi connectivity index (χ3v) is 3.53. The van der Waals surface area contributed by atoms with Crippen LogP contribution in [0.15, 0.2) is 42.5 Å². The highest BCUT2D eigenvalue weighted by Gasteiger charge is 2.12. The summed E-state index contributed by atoms with van der Waals surface area (Å²) in [5.74, 6) is -0.369. The Hall–Kier alpha value is -2.36. The molecule has 0 radical (unpaired) electrons. The van der Waals surface area contributed by atoms with Gasteiger partial charge in [-0.1, -0.05) is 18.2 Å². The van der Waals surface area contributed by atoms with Crippen LogP contribution in [-0.2, 0) is 0 Å². The average molecular weight is 286 g/mol. The van der Waals surface area contributed by atoms with Crippen LogP contribution in [0.5, 0.6) is 0 Å². The monoisotopic (exact) mass is 286 g/mol. The Kier molecular flexibility index (Phi) is 4.58. The molecule has 0 heterocycles. The lowest BCUT2D eigenvalue weighted by Crippen LogP contribution is -2.19. The van der Waals surface area contributed by atoms with Crippen LogP contribution in [0.1, 0.15) is 34.5 Å². The summed E-state index contributed by atoms with van der Waals surface area (Å²) in [4.78, 5) is 11.8. The lowest BCUT2D eigenvalue weighted by atomic mass is 10.0. The predicted octanol–water partition coefficient (Wildman–Crippen LogP) is 3.67. The molecule has 1 unspecified atom stereocenters. The van der Waals surface area contributed by atoms with Gasteiger partial charge in [0.1, 0.15) is 5.82 Å². The second-order valence-electron chi connectivity index (χ2n) is 4.98. The fourth-order valence-electron chi connectivity index (χ4n) is 2.27. The molecule has 1 amide bonds. The highest BCUT2D eigenvalue weighted by molar-refractivity contribution is 5.96. The molecule has 0 bridgehead atoms. The van der Waals surface area contributed by atoms with E-state index in [1.807, 2.05) is 32.0 Å². The Morgan fingerprint density at radius 2 is 1.90 bits per heavy atom. The summed E-state index contributed by atoms with van der Waals surface area (Å²) < 4.78 is 13.3. The molecule has 0 saturated heterocycles. The molecule has 0 aliphatic rings. The number of carbonyl (C=O) groups is 1. The summed E-state index contributed by atoms with van der Waals surface area (Å²) in [6.45, 7) is 3.85. The minimum Gasteiger partial charge on any atom is -0.378 e.